The summed E-state index contributed by atoms with van der Waals surface area (Å²) in [7, 11) is 0. The van der Waals surface area contributed by atoms with Crippen molar-refractivity contribution < 1.29 is 8.78 Å². The first kappa shape index (κ1) is 14.3. The maximum Gasteiger partial charge on any atom is 0.140 e. The molecule has 0 atom stereocenters. The van der Waals surface area contributed by atoms with Crippen LogP contribution in [0.15, 0.2) is 48.7 Å². The van der Waals surface area contributed by atoms with Gasteiger partial charge in [0.15, 0.2) is 0 Å². The van der Waals surface area contributed by atoms with Crippen LogP contribution in [0.5, 0.6) is 0 Å². The molecule has 0 bridgehead atoms. The average Bonchev–Trinajstić information content (AvgIpc) is 2.91. The zero-order valence-corrected chi connectivity index (χ0v) is 12.2. The monoisotopic (exact) mass is 295 g/mol. The molecule has 0 aliphatic rings. The van der Waals surface area contributed by atoms with Gasteiger partial charge in [-0.3, -0.25) is 0 Å². The molecule has 3 rings (SSSR count). The average molecular weight is 295 g/mol. The third-order valence-electron chi connectivity index (χ3n) is 3.48. The molecule has 0 unspecified atom stereocenters. The molecule has 0 saturated carbocycles. The summed E-state index contributed by atoms with van der Waals surface area (Å²) in [5, 5.41) is 0.909. The van der Waals surface area contributed by atoms with Crippen molar-refractivity contribution in [1.82, 2.24) is 4.57 Å². The molecule has 1 heterocycles. The summed E-state index contributed by atoms with van der Waals surface area (Å²) in [6.07, 6.45) is 3.56. The van der Waals surface area contributed by atoms with Gasteiger partial charge < -0.3 is 4.57 Å². The Kier molecular flexibility index (Phi) is 3.93. The van der Waals surface area contributed by atoms with Crippen LogP contribution in [0, 0.1) is 23.5 Å². The molecule has 2 aromatic carbocycles. The van der Waals surface area contributed by atoms with Crippen molar-refractivity contribution in [2.24, 2.45) is 0 Å². The molecule has 0 radical (unpaired) electrons. The van der Waals surface area contributed by atoms with Crippen molar-refractivity contribution in [2.75, 3.05) is 0 Å². The van der Waals surface area contributed by atoms with E-state index in [1.807, 2.05) is 23.8 Å². The molecule has 0 fully saturated rings. The third kappa shape index (κ3) is 2.73. The van der Waals surface area contributed by atoms with Crippen molar-refractivity contribution in [3.8, 4) is 17.5 Å². The van der Waals surface area contributed by atoms with Gasteiger partial charge in [0.1, 0.15) is 11.6 Å². The largest absolute Gasteiger partial charge is 0.316 e. The first-order valence-corrected chi connectivity index (χ1v) is 7.24. The molecule has 22 heavy (non-hydrogen) atoms. The predicted octanol–water partition coefficient (Wildman–Crippen LogP) is 5.06. The van der Waals surface area contributed by atoms with E-state index in [2.05, 4.69) is 11.8 Å². The number of hydrogen-bond donors (Lipinski definition) is 0. The predicted molar refractivity (Wildman–Crippen MR) is 85.0 cm³/mol. The van der Waals surface area contributed by atoms with Gasteiger partial charge >= 0.3 is 0 Å². The van der Waals surface area contributed by atoms with Gasteiger partial charge in [0.25, 0.3) is 0 Å². The number of benzene rings is 2. The lowest BCUT2D eigenvalue weighted by atomic mass is 10.1. The van der Waals surface area contributed by atoms with E-state index in [0.29, 0.717) is 5.56 Å². The molecule has 0 aliphatic heterocycles. The number of unbranched alkanes of at least 4 members (excludes halogenated alkanes) is 1. The van der Waals surface area contributed by atoms with Crippen molar-refractivity contribution in [3.05, 3.63) is 65.9 Å². The fraction of sp³-hybridized carbons (Fsp3) is 0.158. The summed E-state index contributed by atoms with van der Waals surface area (Å²) >= 11 is 0. The lowest BCUT2D eigenvalue weighted by Gasteiger charge is -2.06. The maximum atomic E-state index is 14.2. The number of rotatable bonds is 2. The first-order chi connectivity index (χ1) is 10.7. The molecule has 0 saturated heterocycles. The van der Waals surface area contributed by atoms with Crippen molar-refractivity contribution in [3.63, 3.8) is 0 Å². The van der Waals surface area contributed by atoms with Gasteiger partial charge in [-0.15, -0.1) is 0 Å². The van der Waals surface area contributed by atoms with Crippen LogP contribution in [0.3, 0.4) is 0 Å². The molecule has 3 aromatic rings. The Morgan fingerprint density at radius 2 is 1.82 bits per heavy atom. The Labute approximate surface area is 128 Å². The summed E-state index contributed by atoms with van der Waals surface area (Å²) < 4.78 is 29.1. The van der Waals surface area contributed by atoms with Crippen LogP contribution < -0.4 is 0 Å². The first-order valence-electron chi connectivity index (χ1n) is 7.24. The second-order valence-electron chi connectivity index (χ2n) is 5.10. The number of aromatic nitrogens is 1. The highest BCUT2D eigenvalue weighted by Gasteiger charge is 2.08. The Hall–Kier alpha value is -2.60. The van der Waals surface area contributed by atoms with E-state index in [1.54, 1.807) is 18.2 Å². The number of halogens is 2. The molecular formula is C19H15F2N. The fourth-order valence-electron chi connectivity index (χ4n) is 2.36. The van der Waals surface area contributed by atoms with Gasteiger partial charge in [0.05, 0.1) is 11.1 Å². The minimum Gasteiger partial charge on any atom is -0.316 e. The number of fused-ring (bicyclic) bond motifs is 1. The fourth-order valence-corrected chi connectivity index (χ4v) is 2.36. The van der Waals surface area contributed by atoms with Crippen LogP contribution >= 0.6 is 0 Å². The molecule has 110 valence electrons. The van der Waals surface area contributed by atoms with Crippen LogP contribution in [-0.4, -0.2) is 4.57 Å². The van der Waals surface area contributed by atoms with Gasteiger partial charge in [-0.25, -0.2) is 8.78 Å². The van der Waals surface area contributed by atoms with Crippen LogP contribution in [-0.2, 0) is 0 Å². The van der Waals surface area contributed by atoms with E-state index >= 15 is 0 Å². The molecule has 0 aliphatic carbocycles. The van der Waals surface area contributed by atoms with Gasteiger partial charge in [-0.1, -0.05) is 18.8 Å². The Balaban J connectivity index is 2.07. The summed E-state index contributed by atoms with van der Waals surface area (Å²) in [5.74, 6) is 5.21. The highest BCUT2D eigenvalue weighted by atomic mass is 19.1. The molecule has 1 aromatic heterocycles. The van der Waals surface area contributed by atoms with E-state index in [4.69, 9.17) is 0 Å². The SMILES string of the molecule is CCCC#Cc1cc2ccn(-c3ccc(F)cc3)c2cc1F. The van der Waals surface area contributed by atoms with Gasteiger partial charge in [-0.2, -0.15) is 0 Å². The van der Waals surface area contributed by atoms with Crippen LogP contribution in [0.25, 0.3) is 16.6 Å². The number of nitrogens with zero attached hydrogens (tertiary/aromatic N) is 1. The second kappa shape index (κ2) is 6.03. The molecular weight excluding hydrogens is 280 g/mol. The van der Waals surface area contributed by atoms with Crippen molar-refractivity contribution >= 4 is 10.9 Å². The van der Waals surface area contributed by atoms with E-state index in [1.165, 1.54) is 18.2 Å². The highest BCUT2D eigenvalue weighted by Crippen LogP contribution is 2.23. The molecule has 0 N–H and O–H groups in total. The van der Waals surface area contributed by atoms with E-state index in [0.717, 1.165) is 29.4 Å². The second-order valence-corrected chi connectivity index (χ2v) is 5.10. The molecule has 0 spiro atoms. The smallest absolute Gasteiger partial charge is 0.140 e. The van der Waals surface area contributed by atoms with E-state index < -0.39 is 0 Å². The minimum atomic E-state index is -0.335. The Bertz CT molecular complexity index is 864. The maximum absolute atomic E-state index is 14.2. The van der Waals surface area contributed by atoms with Gasteiger partial charge in [0.2, 0.25) is 0 Å². The highest BCUT2D eigenvalue weighted by molar-refractivity contribution is 5.83. The topological polar surface area (TPSA) is 4.93 Å². The van der Waals surface area contributed by atoms with Crippen LogP contribution in [0.1, 0.15) is 25.3 Å². The quantitative estimate of drug-likeness (QED) is 0.582. The lowest BCUT2D eigenvalue weighted by Crippen LogP contribution is -1.93. The normalized spacial score (nSPS) is 10.5. The van der Waals surface area contributed by atoms with Gasteiger partial charge in [-0.05, 0) is 48.9 Å². The molecule has 0 amide bonds. The lowest BCUT2D eigenvalue weighted by molar-refractivity contribution is 0.625. The Morgan fingerprint density at radius 3 is 2.55 bits per heavy atom. The third-order valence-corrected chi connectivity index (χ3v) is 3.48. The summed E-state index contributed by atoms with van der Waals surface area (Å²) in [6, 6.07) is 11.3. The van der Waals surface area contributed by atoms with Crippen LogP contribution in [0.4, 0.5) is 8.78 Å². The number of hydrogen-bond acceptors (Lipinski definition) is 0. The summed E-state index contributed by atoms with van der Waals surface area (Å²) in [6.45, 7) is 2.04. The van der Waals surface area contributed by atoms with Crippen molar-refractivity contribution in [1.29, 1.82) is 0 Å². The molecule has 3 heteroatoms. The van der Waals surface area contributed by atoms with Crippen LogP contribution in [0.2, 0.25) is 0 Å². The zero-order valence-electron chi connectivity index (χ0n) is 12.2. The minimum absolute atomic E-state index is 0.292. The summed E-state index contributed by atoms with van der Waals surface area (Å²) in [4.78, 5) is 0. The summed E-state index contributed by atoms with van der Waals surface area (Å²) in [5.41, 5.74) is 1.95. The zero-order chi connectivity index (χ0) is 15.5. The molecule has 1 nitrogen and oxygen atoms in total. The van der Waals surface area contributed by atoms with E-state index in [9.17, 15) is 8.78 Å². The van der Waals surface area contributed by atoms with Crippen molar-refractivity contribution in [2.45, 2.75) is 19.8 Å². The Morgan fingerprint density at radius 1 is 1.05 bits per heavy atom. The van der Waals surface area contributed by atoms with Gasteiger partial charge in [0, 0.05) is 23.7 Å². The van der Waals surface area contributed by atoms with E-state index in [-0.39, 0.29) is 11.6 Å². The standard InChI is InChI=1S/C19H15F2N/c1-2-3-4-5-14-12-15-10-11-22(19(15)13-18(14)21)17-8-6-16(20)7-9-17/h6-13H,2-3H2,1H3.